The highest BCUT2D eigenvalue weighted by molar-refractivity contribution is 7.38. The van der Waals surface area contributed by atoms with Crippen LogP contribution in [0.1, 0.15) is 59.7 Å². The molecule has 3 aromatic rings. The van der Waals surface area contributed by atoms with Gasteiger partial charge >= 0.3 is 0 Å². The van der Waals surface area contributed by atoms with Crippen molar-refractivity contribution in [2.24, 2.45) is 0 Å². The summed E-state index contributed by atoms with van der Waals surface area (Å²) in [5.41, 5.74) is 6.01. The second-order valence-electron chi connectivity index (χ2n) is 8.94. The van der Waals surface area contributed by atoms with Crippen molar-refractivity contribution >= 4 is 35.7 Å². The molecule has 0 saturated heterocycles. The van der Waals surface area contributed by atoms with E-state index in [9.17, 15) is 4.79 Å². The first-order valence-corrected chi connectivity index (χ1v) is 13.5. The summed E-state index contributed by atoms with van der Waals surface area (Å²) >= 11 is 1.83. The maximum Gasteiger partial charge on any atom is 0.246 e. The molecule has 174 valence electrons. The summed E-state index contributed by atoms with van der Waals surface area (Å²) in [6.45, 7) is 12.5. The van der Waals surface area contributed by atoms with E-state index in [0.717, 1.165) is 30.6 Å². The first-order chi connectivity index (χ1) is 15.8. The molecule has 33 heavy (non-hydrogen) atoms. The van der Waals surface area contributed by atoms with Gasteiger partial charge in [-0.2, -0.15) is 5.10 Å². The highest BCUT2D eigenvalue weighted by atomic mass is 32.1. The van der Waals surface area contributed by atoms with Crippen LogP contribution in [0.4, 0.5) is 0 Å². The molecule has 4 nitrogen and oxygen atoms in total. The Kier molecular flexibility index (Phi) is 7.24. The molecule has 0 bridgehead atoms. The predicted molar refractivity (Wildman–Crippen MR) is 146 cm³/mol. The van der Waals surface area contributed by atoms with Crippen molar-refractivity contribution < 1.29 is 4.79 Å². The number of benzene rings is 1. The topological polar surface area (TPSA) is 38.1 Å². The summed E-state index contributed by atoms with van der Waals surface area (Å²) in [6, 6.07) is 11.0. The molecule has 3 unspecified atom stereocenters. The minimum Gasteiger partial charge on any atom is -0.333 e. The number of hydrogen-bond acceptors (Lipinski definition) is 3. The van der Waals surface area contributed by atoms with Crippen LogP contribution in [0.25, 0.3) is 11.1 Å². The van der Waals surface area contributed by atoms with E-state index in [1.54, 1.807) is 0 Å². The Morgan fingerprint density at radius 3 is 2.70 bits per heavy atom. The van der Waals surface area contributed by atoms with Crippen LogP contribution in [0.15, 0.2) is 49.2 Å². The number of rotatable bonds is 7. The van der Waals surface area contributed by atoms with Crippen LogP contribution in [0.2, 0.25) is 0 Å². The van der Waals surface area contributed by atoms with Gasteiger partial charge in [0.25, 0.3) is 0 Å². The SMILES string of the molecule is C=CC(=O)N1Cc2sc(CC)cc2C(c2ccccc2-c2cn(CCC)nc2C(C)(P)P)C1. The second-order valence-corrected chi connectivity index (χ2v) is 13.2. The minimum absolute atomic E-state index is 0.00599. The summed E-state index contributed by atoms with van der Waals surface area (Å²) in [5, 5.41) is 4.95. The lowest BCUT2D eigenvalue weighted by Crippen LogP contribution is -2.37. The number of carbonyl (C=O) groups is 1. The summed E-state index contributed by atoms with van der Waals surface area (Å²) < 4.78 is 2.06. The zero-order valence-electron chi connectivity index (χ0n) is 19.7. The number of fused-ring (bicyclic) bond motifs is 1. The van der Waals surface area contributed by atoms with Crippen LogP contribution in [0.3, 0.4) is 0 Å². The monoisotopic (exact) mass is 497 g/mol. The van der Waals surface area contributed by atoms with E-state index < -0.39 is 0 Å². The quantitative estimate of drug-likeness (QED) is 0.289. The van der Waals surface area contributed by atoms with E-state index in [4.69, 9.17) is 5.10 Å². The average Bonchev–Trinajstić information content (AvgIpc) is 3.42. The van der Waals surface area contributed by atoms with Gasteiger partial charge in [-0.05, 0) is 48.6 Å². The van der Waals surface area contributed by atoms with E-state index in [1.165, 1.54) is 32.5 Å². The van der Waals surface area contributed by atoms with Gasteiger partial charge in [0, 0.05) is 45.4 Å². The van der Waals surface area contributed by atoms with Crippen LogP contribution in [-0.4, -0.2) is 27.1 Å². The predicted octanol–water partition coefficient (Wildman–Crippen LogP) is 6.17. The summed E-state index contributed by atoms with van der Waals surface area (Å²) in [4.78, 5) is 17.0. The molecule has 0 saturated carbocycles. The third kappa shape index (κ3) is 4.87. The fourth-order valence-electron chi connectivity index (χ4n) is 4.62. The van der Waals surface area contributed by atoms with Gasteiger partial charge in [0.1, 0.15) is 0 Å². The van der Waals surface area contributed by atoms with Gasteiger partial charge in [0.15, 0.2) is 0 Å². The van der Waals surface area contributed by atoms with Crippen LogP contribution in [-0.2, 0) is 29.2 Å². The molecule has 0 aliphatic carbocycles. The molecule has 1 aromatic carbocycles. The van der Waals surface area contributed by atoms with E-state index in [-0.39, 0.29) is 16.7 Å². The van der Waals surface area contributed by atoms with Gasteiger partial charge in [-0.1, -0.05) is 44.7 Å². The summed E-state index contributed by atoms with van der Waals surface area (Å²) in [5.74, 6) is 0.113. The molecule has 0 radical (unpaired) electrons. The standard InChI is InChI=1S/C26H33N3OP2S/c1-5-12-29-15-22(25(27-29)26(4,31)32)19-11-9-8-10-18(19)21-14-28(24(30)7-3)16-23-20(21)13-17(6-2)33-23/h7-11,13,15,21H,3,5-6,12,14,16,31-32H2,1-2,4H3. The number of thiophene rings is 1. The van der Waals surface area contributed by atoms with Crippen molar-refractivity contribution in [1.82, 2.24) is 14.7 Å². The number of aryl methyl sites for hydroxylation is 2. The fraction of sp³-hybridized carbons (Fsp3) is 0.385. The van der Waals surface area contributed by atoms with Crippen molar-refractivity contribution in [3.05, 3.63) is 75.8 Å². The first kappa shape index (κ1) is 24.3. The molecule has 4 rings (SSSR count). The van der Waals surface area contributed by atoms with Crippen LogP contribution < -0.4 is 0 Å². The average molecular weight is 498 g/mol. The fourth-order valence-corrected chi connectivity index (χ4v) is 6.23. The van der Waals surface area contributed by atoms with Crippen molar-refractivity contribution in [1.29, 1.82) is 0 Å². The Morgan fingerprint density at radius 1 is 1.27 bits per heavy atom. The number of amides is 1. The van der Waals surface area contributed by atoms with Crippen molar-refractivity contribution in [3.8, 4) is 11.1 Å². The van der Waals surface area contributed by atoms with Gasteiger partial charge in [-0.15, -0.1) is 29.8 Å². The third-order valence-corrected chi connectivity index (χ3v) is 8.02. The van der Waals surface area contributed by atoms with Crippen LogP contribution >= 0.6 is 29.8 Å². The molecule has 3 atom stereocenters. The summed E-state index contributed by atoms with van der Waals surface area (Å²) in [6.07, 6.45) is 5.66. The van der Waals surface area contributed by atoms with Gasteiger partial charge in [0.2, 0.25) is 5.91 Å². The number of hydrogen-bond donors (Lipinski definition) is 0. The molecular formula is C26H33N3OP2S. The van der Waals surface area contributed by atoms with E-state index in [1.807, 2.05) is 16.2 Å². The Bertz CT molecular complexity index is 1170. The molecule has 1 aliphatic rings. The largest absolute Gasteiger partial charge is 0.333 e. The van der Waals surface area contributed by atoms with Crippen molar-refractivity contribution in [2.45, 2.75) is 57.5 Å². The molecule has 7 heteroatoms. The van der Waals surface area contributed by atoms with Gasteiger partial charge in [-0.25, -0.2) is 0 Å². The van der Waals surface area contributed by atoms with Crippen LogP contribution in [0.5, 0.6) is 0 Å². The zero-order valence-corrected chi connectivity index (χ0v) is 22.8. The highest BCUT2D eigenvalue weighted by Crippen LogP contribution is 2.46. The number of carbonyl (C=O) groups excluding carboxylic acids is 1. The van der Waals surface area contributed by atoms with Gasteiger partial charge in [0.05, 0.1) is 12.2 Å². The summed E-state index contributed by atoms with van der Waals surface area (Å²) in [7, 11) is 5.83. The molecule has 1 aliphatic heterocycles. The number of nitrogens with zero attached hydrogens (tertiary/aromatic N) is 3. The molecular weight excluding hydrogens is 464 g/mol. The lowest BCUT2D eigenvalue weighted by atomic mass is 9.83. The Morgan fingerprint density at radius 2 is 2.03 bits per heavy atom. The Hall–Kier alpha value is -1.80. The lowest BCUT2D eigenvalue weighted by molar-refractivity contribution is -0.127. The molecule has 0 fully saturated rings. The van der Waals surface area contributed by atoms with Crippen LogP contribution in [0, 0.1) is 0 Å². The Labute approximate surface area is 205 Å². The van der Waals surface area contributed by atoms with Crippen molar-refractivity contribution in [2.75, 3.05) is 6.54 Å². The lowest BCUT2D eigenvalue weighted by Gasteiger charge is -2.33. The number of aromatic nitrogens is 2. The smallest absolute Gasteiger partial charge is 0.246 e. The van der Waals surface area contributed by atoms with E-state index in [0.29, 0.717) is 13.1 Å². The van der Waals surface area contributed by atoms with Gasteiger partial charge in [-0.3, -0.25) is 9.48 Å². The van der Waals surface area contributed by atoms with E-state index in [2.05, 4.69) is 87.0 Å². The molecule has 1 amide bonds. The maximum atomic E-state index is 12.6. The normalized spacial score (nSPS) is 16.0. The highest BCUT2D eigenvalue weighted by Gasteiger charge is 2.33. The molecule has 0 spiro atoms. The van der Waals surface area contributed by atoms with Crippen molar-refractivity contribution in [3.63, 3.8) is 0 Å². The third-order valence-electron chi connectivity index (χ3n) is 6.19. The maximum absolute atomic E-state index is 12.6. The molecule has 3 heterocycles. The molecule has 0 N–H and O–H groups in total. The first-order valence-electron chi connectivity index (χ1n) is 11.5. The molecule has 2 aromatic heterocycles. The Balaban J connectivity index is 1.88. The zero-order chi connectivity index (χ0) is 23.8. The minimum atomic E-state index is -0.234. The van der Waals surface area contributed by atoms with E-state index >= 15 is 0 Å². The second kappa shape index (κ2) is 9.82. The van der Waals surface area contributed by atoms with Gasteiger partial charge < -0.3 is 4.90 Å².